The van der Waals surface area contributed by atoms with Crippen molar-refractivity contribution < 1.29 is 38.7 Å². The van der Waals surface area contributed by atoms with Crippen LogP contribution in [0.3, 0.4) is 0 Å². The van der Waals surface area contributed by atoms with Crippen LogP contribution in [0.4, 0.5) is 11.6 Å². The molecule has 15 nitrogen and oxygen atoms in total. The van der Waals surface area contributed by atoms with E-state index in [0.29, 0.717) is 63.5 Å². The maximum absolute atomic E-state index is 9.55. The van der Waals surface area contributed by atoms with Crippen molar-refractivity contribution in [3.05, 3.63) is 12.2 Å². The zero-order valence-corrected chi connectivity index (χ0v) is 24.3. The van der Waals surface area contributed by atoms with Crippen molar-refractivity contribution in [3.8, 4) is 11.8 Å². The summed E-state index contributed by atoms with van der Waals surface area (Å²) < 4.78 is 41.0. The maximum Gasteiger partial charge on any atom is 0.328 e. The third-order valence-electron chi connectivity index (χ3n) is 5.42. The third-order valence-corrected chi connectivity index (χ3v) is 6.42. The third kappa shape index (κ3) is 10.8. The van der Waals surface area contributed by atoms with E-state index in [-0.39, 0.29) is 11.6 Å². The Bertz CT molecular complexity index is 1080. The molecule has 17 heteroatoms. The Hall–Kier alpha value is -3.12. The minimum Gasteiger partial charge on any atom is -0.478 e. The highest BCUT2D eigenvalue weighted by Gasteiger charge is 2.26. The second kappa shape index (κ2) is 15.6. The second-order valence-corrected chi connectivity index (χ2v) is 10.7. The van der Waals surface area contributed by atoms with Gasteiger partial charge in [-0.1, -0.05) is 0 Å². The lowest BCUT2D eigenvalue weighted by molar-refractivity contribution is -0.134. The van der Waals surface area contributed by atoms with E-state index in [2.05, 4.69) is 53.4 Å². The van der Waals surface area contributed by atoms with Crippen LogP contribution in [0.5, 0.6) is 11.8 Å². The zero-order valence-electron chi connectivity index (χ0n) is 22.6. The number of nitrogens with zero attached hydrogens (tertiary/aromatic N) is 6. The highest BCUT2D eigenvalue weighted by atomic mass is 32.1. The number of aromatic nitrogens is 4. The molecule has 2 aromatic heterocycles. The van der Waals surface area contributed by atoms with Gasteiger partial charge in [-0.25, -0.2) is 9.59 Å². The fourth-order valence-corrected chi connectivity index (χ4v) is 4.51. The number of anilines is 2. The molecule has 222 valence electrons. The first-order valence-corrected chi connectivity index (χ1v) is 14.1. The summed E-state index contributed by atoms with van der Waals surface area (Å²) >= 11 is 2.31. The zero-order chi connectivity index (χ0) is 29.0. The van der Waals surface area contributed by atoms with Crippen LogP contribution in [-0.4, -0.2) is 117 Å². The molecule has 0 aromatic carbocycles. The van der Waals surface area contributed by atoms with Gasteiger partial charge in [0.25, 0.3) is 11.8 Å². The van der Waals surface area contributed by atoms with E-state index in [0.717, 1.165) is 61.3 Å². The maximum atomic E-state index is 9.55. The average molecular weight is 602 g/mol. The van der Waals surface area contributed by atoms with Gasteiger partial charge in [0, 0.05) is 50.4 Å². The molecule has 0 radical (unpaired) electrons. The number of ether oxygens (including phenoxy) is 4. The van der Waals surface area contributed by atoms with Gasteiger partial charge in [-0.05, 0) is 20.8 Å². The molecule has 4 rings (SSSR count). The Balaban J connectivity index is 0.000000482. The molecule has 2 aliphatic rings. The quantitative estimate of drug-likeness (QED) is 0.310. The van der Waals surface area contributed by atoms with Crippen molar-refractivity contribution in [2.45, 2.75) is 32.4 Å². The summed E-state index contributed by atoms with van der Waals surface area (Å²) in [5.74, 6) is 0.0884. The molecule has 0 amide bonds. The summed E-state index contributed by atoms with van der Waals surface area (Å²) in [7, 11) is 0. The molecule has 0 bridgehead atoms. The van der Waals surface area contributed by atoms with Crippen LogP contribution in [0.1, 0.15) is 20.8 Å². The summed E-state index contributed by atoms with van der Waals surface area (Å²) in [6.45, 7) is 13.1. The van der Waals surface area contributed by atoms with Crippen molar-refractivity contribution in [1.29, 1.82) is 0 Å². The molecule has 2 saturated heterocycles. The van der Waals surface area contributed by atoms with Gasteiger partial charge >= 0.3 is 11.9 Å². The summed E-state index contributed by atoms with van der Waals surface area (Å²) in [6.07, 6.45) is 0.835. The lowest BCUT2D eigenvalue weighted by atomic mass is 10.1. The summed E-state index contributed by atoms with van der Waals surface area (Å²) in [5.41, 5.74) is -0.0594. The summed E-state index contributed by atoms with van der Waals surface area (Å²) in [4.78, 5) is 23.4. The first kappa shape index (κ1) is 31.4. The lowest BCUT2D eigenvalue weighted by Crippen LogP contribution is -2.45. The van der Waals surface area contributed by atoms with Crippen molar-refractivity contribution >= 4 is 47.0 Å². The van der Waals surface area contributed by atoms with Crippen molar-refractivity contribution in [3.63, 3.8) is 0 Å². The van der Waals surface area contributed by atoms with Gasteiger partial charge in [-0.2, -0.15) is 8.75 Å². The number of morpholine rings is 2. The number of nitrogens with one attached hydrogen (secondary N) is 1. The molecule has 1 unspecified atom stereocenters. The van der Waals surface area contributed by atoms with Crippen LogP contribution < -0.4 is 24.6 Å². The fraction of sp³-hybridized carbons (Fsp3) is 0.652. The van der Waals surface area contributed by atoms with Crippen molar-refractivity contribution in [2.24, 2.45) is 0 Å². The Morgan fingerprint density at radius 1 is 0.900 bits per heavy atom. The Morgan fingerprint density at radius 2 is 1.38 bits per heavy atom. The Kier molecular flexibility index (Phi) is 12.3. The van der Waals surface area contributed by atoms with Crippen LogP contribution >= 0.6 is 23.5 Å². The largest absolute Gasteiger partial charge is 0.478 e. The minimum absolute atomic E-state index is 0.0594. The normalized spacial score (nSPS) is 16.8. The average Bonchev–Trinajstić information content (AvgIpc) is 3.59. The van der Waals surface area contributed by atoms with Gasteiger partial charge in [-0.15, -0.1) is 8.75 Å². The number of carboxylic acid groups (broad SMARTS) is 2. The van der Waals surface area contributed by atoms with E-state index in [1.165, 1.54) is 0 Å². The predicted octanol–water partition coefficient (Wildman–Crippen LogP) is 0.989. The molecule has 3 N–H and O–H groups in total. The smallest absolute Gasteiger partial charge is 0.328 e. The summed E-state index contributed by atoms with van der Waals surface area (Å²) in [6, 6.07) is 0. The van der Waals surface area contributed by atoms with Gasteiger partial charge in [0.2, 0.25) is 11.6 Å². The monoisotopic (exact) mass is 601 g/mol. The van der Waals surface area contributed by atoms with Gasteiger partial charge in [0.05, 0.1) is 49.9 Å². The van der Waals surface area contributed by atoms with E-state index in [4.69, 9.17) is 29.2 Å². The van der Waals surface area contributed by atoms with E-state index < -0.39 is 11.9 Å². The first-order chi connectivity index (χ1) is 19.1. The molecule has 4 heterocycles. The number of aliphatic carboxylic acids is 2. The van der Waals surface area contributed by atoms with Crippen molar-refractivity contribution in [2.75, 3.05) is 75.6 Å². The van der Waals surface area contributed by atoms with Crippen LogP contribution in [-0.2, 0) is 19.1 Å². The number of hydrogen-bond donors (Lipinski definition) is 3. The van der Waals surface area contributed by atoms with Crippen LogP contribution in [0, 0.1) is 0 Å². The number of hydrogen-bond acceptors (Lipinski definition) is 15. The van der Waals surface area contributed by atoms with E-state index in [9.17, 15) is 9.59 Å². The number of rotatable bonds is 11. The molecule has 40 heavy (non-hydrogen) atoms. The van der Waals surface area contributed by atoms with Gasteiger partial charge in [0.15, 0.2) is 0 Å². The van der Waals surface area contributed by atoms with Gasteiger partial charge in [-0.3, -0.25) is 0 Å². The van der Waals surface area contributed by atoms with Crippen LogP contribution in [0.25, 0.3) is 0 Å². The van der Waals surface area contributed by atoms with Crippen molar-refractivity contribution in [1.82, 2.24) is 22.8 Å². The molecular weight excluding hydrogens is 566 g/mol. The van der Waals surface area contributed by atoms with Crippen LogP contribution in [0.2, 0.25) is 0 Å². The predicted molar refractivity (Wildman–Crippen MR) is 148 cm³/mol. The standard InChI is InChI=1S/C19H31N7O4S2.C4H4O4/c1-19(2,3)20-12-14(30-18-16(22-32-24-18)26-6-10-28-11-7-26)13-29-17-15(21-31-23-17)25-4-8-27-9-5-25;5-3(6)1-2-4(7)8/h14,20H,4-13H2,1-3H3;1-2H,(H,5,6)(H,7,8)/b;2-1+. The van der Waals surface area contributed by atoms with Crippen LogP contribution in [0.15, 0.2) is 12.2 Å². The molecule has 2 aliphatic heterocycles. The minimum atomic E-state index is -1.26. The Morgan fingerprint density at radius 3 is 1.85 bits per heavy atom. The molecular formula is C23H35N7O8S2. The highest BCUT2D eigenvalue weighted by molar-refractivity contribution is 6.99. The summed E-state index contributed by atoms with van der Waals surface area (Å²) in [5, 5.41) is 19.1. The van der Waals surface area contributed by atoms with Gasteiger partial charge in [0.1, 0.15) is 12.7 Å². The fourth-order valence-electron chi connectivity index (χ4n) is 3.48. The topological polar surface area (TPSA) is 182 Å². The molecule has 0 aliphatic carbocycles. The molecule has 0 saturated carbocycles. The lowest BCUT2D eigenvalue weighted by Gasteiger charge is -2.29. The molecule has 2 aromatic rings. The second-order valence-electron chi connectivity index (χ2n) is 9.68. The van der Waals surface area contributed by atoms with E-state index in [1.807, 2.05) is 0 Å². The number of carbonyl (C=O) groups is 2. The SMILES string of the molecule is CC(C)(C)NCC(COc1nsnc1N1CCOCC1)Oc1nsnc1N1CCOCC1.O=C(O)/C=C/C(=O)O. The number of carboxylic acids is 2. The van der Waals surface area contributed by atoms with E-state index in [1.54, 1.807) is 0 Å². The molecule has 0 spiro atoms. The molecule has 2 fully saturated rings. The highest BCUT2D eigenvalue weighted by Crippen LogP contribution is 2.29. The van der Waals surface area contributed by atoms with E-state index >= 15 is 0 Å². The molecule has 1 atom stereocenters. The van der Waals surface area contributed by atoms with Gasteiger partial charge < -0.3 is 44.3 Å². The Labute approximate surface area is 240 Å². The first-order valence-electron chi connectivity index (χ1n) is 12.6.